The standard InChI is InChI=1S/C23H21FN2O3/c1-15-8-10-16(11-9-15)19-14-17(12-13-20(19)24)29-21-7-5-4-6-18(21)22(26-28-3)23(27)25-2/h4-14H,1-3H3,(H,25,27). The van der Waals surface area contributed by atoms with Crippen molar-refractivity contribution in [3.05, 3.63) is 83.7 Å². The molecule has 3 aromatic carbocycles. The predicted octanol–water partition coefficient (Wildman–Crippen LogP) is 4.69. The van der Waals surface area contributed by atoms with Crippen LogP contribution in [0.5, 0.6) is 11.5 Å². The second-order valence-electron chi connectivity index (χ2n) is 6.31. The first-order chi connectivity index (χ1) is 14.0. The number of halogens is 1. The number of carbonyl (C=O) groups excluding carboxylic acids is 1. The fourth-order valence-electron chi connectivity index (χ4n) is 2.82. The van der Waals surface area contributed by atoms with Crippen LogP contribution < -0.4 is 10.1 Å². The number of carbonyl (C=O) groups is 1. The maximum absolute atomic E-state index is 14.4. The lowest BCUT2D eigenvalue weighted by molar-refractivity contribution is -0.114. The molecule has 3 rings (SSSR count). The van der Waals surface area contributed by atoms with E-state index in [1.54, 1.807) is 30.3 Å². The largest absolute Gasteiger partial charge is 0.457 e. The van der Waals surface area contributed by atoms with E-state index in [0.717, 1.165) is 11.1 Å². The van der Waals surface area contributed by atoms with Gasteiger partial charge in [0.25, 0.3) is 5.91 Å². The van der Waals surface area contributed by atoms with Crippen LogP contribution in [0, 0.1) is 12.7 Å². The number of hydrogen-bond acceptors (Lipinski definition) is 4. The lowest BCUT2D eigenvalue weighted by atomic mass is 10.0. The van der Waals surface area contributed by atoms with Crippen molar-refractivity contribution in [2.45, 2.75) is 6.92 Å². The number of rotatable bonds is 6. The number of aryl methyl sites for hydroxylation is 1. The summed E-state index contributed by atoms with van der Waals surface area (Å²) >= 11 is 0. The SMILES string of the molecule is CNC(=O)C(=NOC)c1ccccc1Oc1ccc(F)c(-c2ccc(C)cc2)c1. The van der Waals surface area contributed by atoms with E-state index < -0.39 is 5.91 Å². The second kappa shape index (κ2) is 9.01. The van der Waals surface area contributed by atoms with Crippen molar-refractivity contribution in [3.63, 3.8) is 0 Å². The predicted molar refractivity (Wildman–Crippen MR) is 111 cm³/mol. The lowest BCUT2D eigenvalue weighted by Gasteiger charge is -2.13. The molecular formula is C23H21FN2O3. The van der Waals surface area contributed by atoms with Crippen molar-refractivity contribution >= 4 is 11.6 Å². The first-order valence-corrected chi connectivity index (χ1v) is 9.00. The zero-order chi connectivity index (χ0) is 20.8. The molecule has 1 amide bonds. The Morgan fingerprint density at radius 1 is 1.03 bits per heavy atom. The van der Waals surface area contributed by atoms with Crippen LogP contribution in [0.4, 0.5) is 4.39 Å². The van der Waals surface area contributed by atoms with Crippen LogP contribution in [0.25, 0.3) is 11.1 Å². The molecule has 0 radical (unpaired) electrons. The third kappa shape index (κ3) is 4.60. The van der Waals surface area contributed by atoms with Gasteiger partial charge in [0.15, 0.2) is 5.71 Å². The van der Waals surface area contributed by atoms with Gasteiger partial charge in [-0.15, -0.1) is 0 Å². The minimum atomic E-state index is -0.414. The molecule has 3 aromatic rings. The number of benzene rings is 3. The van der Waals surface area contributed by atoms with Gasteiger partial charge in [0.2, 0.25) is 0 Å². The number of nitrogens with zero attached hydrogens (tertiary/aromatic N) is 1. The van der Waals surface area contributed by atoms with Gasteiger partial charge in [0.1, 0.15) is 24.4 Å². The van der Waals surface area contributed by atoms with Crippen LogP contribution in [0.2, 0.25) is 0 Å². The quantitative estimate of drug-likeness (QED) is 0.489. The van der Waals surface area contributed by atoms with E-state index in [9.17, 15) is 9.18 Å². The van der Waals surface area contributed by atoms with Gasteiger partial charge in [0.05, 0.1) is 5.56 Å². The molecule has 29 heavy (non-hydrogen) atoms. The van der Waals surface area contributed by atoms with E-state index in [0.29, 0.717) is 22.6 Å². The smallest absolute Gasteiger partial charge is 0.273 e. The third-order valence-corrected chi connectivity index (χ3v) is 4.30. The topological polar surface area (TPSA) is 59.9 Å². The number of hydrogen-bond donors (Lipinski definition) is 1. The molecule has 0 aliphatic rings. The summed E-state index contributed by atoms with van der Waals surface area (Å²) in [7, 11) is 2.87. The lowest BCUT2D eigenvalue weighted by Crippen LogP contribution is -2.28. The highest BCUT2D eigenvalue weighted by molar-refractivity contribution is 6.45. The minimum Gasteiger partial charge on any atom is -0.457 e. The van der Waals surface area contributed by atoms with Crippen molar-refractivity contribution in [2.24, 2.45) is 5.16 Å². The molecule has 0 atom stereocenters. The second-order valence-corrected chi connectivity index (χ2v) is 6.31. The van der Waals surface area contributed by atoms with Crippen LogP contribution in [0.1, 0.15) is 11.1 Å². The van der Waals surface area contributed by atoms with Crippen LogP contribution in [-0.4, -0.2) is 25.8 Å². The van der Waals surface area contributed by atoms with E-state index in [1.165, 1.54) is 26.3 Å². The first-order valence-electron chi connectivity index (χ1n) is 9.00. The maximum Gasteiger partial charge on any atom is 0.273 e. The molecular weight excluding hydrogens is 371 g/mol. The third-order valence-electron chi connectivity index (χ3n) is 4.30. The summed E-state index contributed by atoms with van der Waals surface area (Å²) in [6, 6.07) is 19.0. The van der Waals surface area contributed by atoms with Crippen LogP contribution in [0.3, 0.4) is 0 Å². The highest BCUT2D eigenvalue weighted by Crippen LogP contribution is 2.31. The first kappa shape index (κ1) is 20.1. The molecule has 0 saturated carbocycles. The average Bonchev–Trinajstić information content (AvgIpc) is 2.74. The molecule has 0 aliphatic carbocycles. The van der Waals surface area contributed by atoms with Crippen molar-refractivity contribution < 1.29 is 18.8 Å². The zero-order valence-corrected chi connectivity index (χ0v) is 16.4. The molecule has 0 fully saturated rings. The van der Waals surface area contributed by atoms with E-state index in [1.807, 2.05) is 31.2 Å². The molecule has 0 unspecified atom stereocenters. The molecule has 0 aromatic heterocycles. The van der Waals surface area contributed by atoms with E-state index in [-0.39, 0.29) is 11.5 Å². The fourth-order valence-corrected chi connectivity index (χ4v) is 2.82. The summed E-state index contributed by atoms with van der Waals surface area (Å²) in [5, 5.41) is 6.35. The normalized spacial score (nSPS) is 11.1. The Balaban J connectivity index is 1.99. The van der Waals surface area contributed by atoms with Gasteiger partial charge in [0, 0.05) is 12.6 Å². The monoisotopic (exact) mass is 392 g/mol. The minimum absolute atomic E-state index is 0.0754. The van der Waals surface area contributed by atoms with Gasteiger partial charge < -0.3 is 14.9 Å². The molecule has 1 N–H and O–H groups in total. The Bertz CT molecular complexity index is 1050. The molecule has 6 heteroatoms. The summed E-state index contributed by atoms with van der Waals surface area (Å²) in [5.74, 6) is 0.0697. The van der Waals surface area contributed by atoms with E-state index in [2.05, 4.69) is 10.5 Å². The number of para-hydroxylation sites is 1. The fraction of sp³-hybridized carbons (Fsp3) is 0.130. The Labute approximate surface area is 168 Å². The molecule has 0 saturated heterocycles. The van der Waals surface area contributed by atoms with Crippen molar-refractivity contribution in [2.75, 3.05) is 14.2 Å². The van der Waals surface area contributed by atoms with Gasteiger partial charge in [-0.05, 0) is 42.8 Å². The van der Waals surface area contributed by atoms with Crippen LogP contribution >= 0.6 is 0 Å². The van der Waals surface area contributed by atoms with Gasteiger partial charge in [-0.25, -0.2) is 4.39 Å². The van der Waals surface area contributed by atoms with Crippen LogP contribution in [0.15, 0.2) is 71.9 Å². The number of nitrogens with one attached hydrogen (secondary N) is 1. The van der Waals surface area contributed by atoms with Crippen molar-refractivity contribution in [1.29, 1.82) is 0 Å². The Morgan fingerprint density at radius 2 is 1.76 bits per heavy atom. The van der Waals surface area contributed by atoms with Crippen molar-refractivity contribution in [1.82, 2.24) is 5.32 Å². The molecule has 0 aliphatic heterocycles. The summed E-state index contributed by atoms with van der Waals surface area (Å²) in [6.07, 6.45) is 0. The van der Waals surface area contributed by atoms with Gasteiger partial charge >= 0.3 is 0 Å². The maximum atomic E-state index is 14.4. The Morgan fingerprint density at radius 3 is 2.45 bits per heavy atom. The zero-order valence-electron chi connectivity index (χ0n) is 16.4. The summed E-state index contributed by atoms with van der Waals surface area (Å²) in [6.45, 7) is 1.97. The number of ether oxygens (including phenoxy) is 1. The van der Waals surface area contributed by atoms with Gasteiger partial charge in [-0.3, -0.25) is 4.79 Å². The molecule has 5 nitrogen and oxygen atoms in total. The van der Waals surface area contributed by atoms with E-state index in [4.69, 9.17) is 9.57 Å². The average molecular weight is 392 g/mol. The Kier molecular flexibility index (Phi) is 6.24. The highest BCUT2D eigenvalue weighted by Gasteiger charge is 2.19. The molecule has 148 valence electrons. The summed E-state index contributed by atoms with van der Waals surface area (Å²) in [4.78, 5) is 17.0. The Hall–Kier alpha value is -3.67. The molecule has 0 spiro atoms. The van der Waals surface area contributed by atoms with Gasteiger partial charge in [-0.1, -0.05) is 47.1 Å². The highest BCUT2D eigenvalue weighted by atomic mass is 19.1. The van der Waals surface area contributed by atoms with Crippen molar-refractivity contribution in [3.8, 4) is 22.6 Å². The molecule has 0 heterocycles. The van der Waals surface area contributed by atoms with E-state index >= 15 is 0 Å². The number of oxime groups is 1. The summed E-state index contributed by atoms with van der Waals surface area (Å²) < 4.78 is 20.4. The summed E-state index contributed by atoms with van der Waals surface area (Å²) in [5.41, 5.74) is 2.80. The molecule has 0 bridgehead atoms. The number of amides is 1. The number of likely N-dealkylation sites (N-methyl/N-ethyl adjacent to an activating group) is 1. The van der Waals surface area contributed by atoms with Gasteiger partial charge in [-0.2, -0.15) is 0 Å². The van der Waals surface area contributed by atoms with Crippen LogP contribution in [-0.2, 0) is 9.63 Å².